The maximum absolute atomic E-state index is 12.1. The number of nitrogen functional groups attached to an aromatic ring is 1. The van der Waals surface area contributed by atoms with Gasteiger partial charge in [-0.05, 0) is 25.2 Å². The highest BCUT2D eigenvalue weighted by atomic mass is 16.5. The van der Waals surface area contributed by atoms with Crippen LogP contribution in [0.3, 0.4) is 0 Å². The van der Waals surface area contributed by atoms with E-state index in [2.05, 4.69) is 20.7 Å². The lowest BCUT2D eigenvalue weighted by molar-refractivity contribution is 0.0727. The smallest absolute Gasteiger partial charge is 0.271 e. The van der Waals surface area contributed by atoms with Crippen LogP contribution in [-0.2, 0) is 4.74 Å². The second kappa shape index (κ2) is 5.10. The van der Waals surface area contributed by atoms with Gasteiger partial charge in [-0.2, -0.15) is 0 Å². The van der Waals surface area contributed by atoms with Crippen molar-refractivity contribution in [2.75, 3.05) is 12.0 Å². The van der Waals surface area contributed by atoms with Gasteiger partial charge in [0.1, 0.15) is 5.69 Å². The van der Waals surface area contributed by atoms with Crippen LogP contribution in [0.25, 0.3) is 0 Å². The number of rotatable bonds is 4. The Morgan fingerprint density at radius 1 is 1.32 bits per heavy atom. The van der Waals surface area contributed by atoms with Crippen LogP contribution in [0.5, 0.6) is 0 Å². The summed E-state index contributed by atoms with van der Waals surface area (Å²) in [5.74, 6) is 6.03. The minimum atomic E-state index is -0.211. The quantitative estimate of drug-likeness (QED) is 0.524. The van der Waals surface area contributed by atoms with Crippen LogP contribution in [0, 0.1) is 5.92 Å². The van der Waals surface area contributed by atoms with Gasteiger partial charge in [-0.3, -0.25) is 4.79 Å². The second-order valence-electron chi connectivity index (χ2n) is 4.97. The molecule has 3 rings (SSSR count). The molecule has 1 aromatic heterocycles. The lowest BCUT2D eigenvalue weighted by atomic mass is 10.1. The van der Waals surface area contributed by atoms with E-state index in [4.69, 9.17) is 10.6 Å². The van der Waals surface area contributed by atoms with Crippen molar-refractivity contribution in [3.05, 3.63) is 18.1 Å². The Morgan fingerprint density at radius 2 is 2.16 bits per heavy atom. The number of aromatic nitrogens is 2. The number of ether oxygens (including phenoxy) is 1. The van der Waals surface area contributed by atoms with Gasteiger partial charge in [-0.15, -0.1) is 0 Å². The summed E-state index contributed by atoms with van der Waals surface area (Å²) in [4.78, 5) is 20.1. The lowest BCUT2D eigenvalue weighted by Crippen LogP contribution is -2.41. The van der Waals surface area contributed by atoms with Crippen LogP contribution < -0.4 is 16.6 Å². The van der Waals surface area contributed by atoms with E-state index in [9.17, 15) is 4.79 Å². The summed E-state index contributed by atoms with van der Waals surface area (Å²) in [7, 11) is 0. The zero-order valence-electron chi connectivity index (χ0n) is 10.5. The van der Waals surface area contributed by atoms with Crippen molar-refractivity contribution >= 4 is 11.7 Å². The van der Waals surface area contributed by atoms with Gasteiger partial charge in [0.15, 0.2) is 5.82 Å². The fourth-order valence-corrected chi connectivity index (χ4v) is 2.42. The van der Waals surface area contributed by atoms with Crippen molar-refractivity contribution in [2.24, 2.45) is 11.8 Å². The Bertz CT molecular complexity index is 460. The molecule has 1 aliphatic heterocycles. The van der Waals surface area contributed by atoms with E-state index in [-0.39, 0.29) is 18.1 Å². The zero-order valence-corrected chi connectivity index (χ0v) is 10.5. The van der Waals surface area contributed by atoms with Crippen molar-refractivity contribution in [2.45, 2.75) is 31.4 Å². The highest BCUT2D eigenvalue weighted by Gasteiger charge is 2.41. The molecule has 4 N–H and O–H groups in total. The summed E-state index contributed by atoms with van der Waals surface area (Å²) in [5.41, 5.74) is 2.66. The van der Waals surface area contributed by atoms with Crippen molar-refractivity contribution < 1.29 is 9.53 Å². The third kappa shape index (κ3) is 2.66. The average Bonchev–Trinajstić information content (AvgIpc) is 3.19. The number of nitrogens with two attached hydrogens (primary N) is 1. The molecule has 102 valence electrons. The van der Waals surface area contributed by atoms with Crippen LogP contribution in [0.4, 0.5) is 5.82 Å². The van der Waals surface area contributed by atoms with E-state index in [1.165, 1.54) is 25.2 Å². The molecule has 1 saturated heterocycles. The fourth-order valence-electron chi connectivity index (χ4n) is 2.42. The highest BCUT2D eigenvalue weighted by Crippen LogP contribution is 2.38. The van der Waals surface area contributed by atoms with Gasteiger partial charge in [0.05, 0.1) is 24.5 Å². The number of nitrogens with zero attached hydrogens (tertiary/aromatic N) is 2. The maximum atomic E-state index is 12.1. The molecule has 2 aliphatic rings. The van der Waals surface area contributed by atoms with Gasteiger partial charge in [-0.25, -0.2) is 15.8 Å². The third-order valence-corrected chi connectivity index (χ3v) is 3.57. The van der Waals surface area contributed by atoms with Crippen molar-refractivity contribution in [1.29, 1.82) is 0 Å². The molecule has 2 fully saturated rings. The number of carbonyl (C=O) groups is 1. The number of hydrogen-bond donors (Lipinski definition) is 3. The largest absolute Gasteiger partial charge is 0.376 e. The Kier molecular flexibility index (Phi) is 3.31. The van der Waals surface area contributed by atoms with E-state index >= 15 is 0 Å². The fraction of sp³-hybridized carbons (Fsp3) is 0.583. The number of nitrogens with one attached hydrogen (secondary N) is 2. The van der Waals surface area contributed by atoms with Gasteiger partial charge in [0.25, 0.3) is 5.91 Å². The van der Waals surface area contributed by atoms with Crippen LogP contribution in [-0.4, -0.2) is 34.6 Å². The Hall–Kier alpha value is -1.73. The molecule has 0 spiro atoms. The monoisotopic (exact) mass is 263 g/mol. The van der Waals surface area contributed by atoms with E-state index in [0.29, 0.717) is 24.0 Å². The molecule has 19 heavy (non-hydrogen) atoms. The van der Waals surface area contributed by atoms with Crippen molar-refractivity contribution in [1.82, 2.24) is 15.3 Å². The summed E-state index contributed by atoms with van der Waals surface area (Å²) in [6.07, 6.45) is 6.27. The molecular formula is C12H17N5O2. The Labute approximate surface area is 110 Å². The third-order valence-electron chi connectivity index (χ3n) is 3.57. The first-order chi connectivity index (χ1) is 9.28. The normalized spacial score (nSPS) is 26.2. The lowest BCUT2D eigenvalue weighted by Gasteiger charge is -2.19. The Morgan fingerprint density at radius 3 is 2.79 bits per heavy atom. The first-order valence-electron chi connectivity index (χ1n) is 6.49. The predicted octanol–water partition coefficient (Wildman–Crippen LogP) is 0.0595. The molecule has 7 heteroatoms. The molecule has 1 aromatic rings. The second-order valence-corrected chi connectivity index (χ2v) is 4.97. The summed E-state index contributed by atoms with van der Waals surface area (Å²) in [6, 6.07) is 0.0918. The molecule has 2 atom stereocenters. The zero-order chi connectivity index (χ0) is 13.2. The summed E-state index contributed by atoms with van der Waals surface area (Å²) < 4.78 is 5.69. The molecule has 1 saturated carbocycles. The number of anilines is 1. The molecule has 0 radical (unpaired) electrons. The Balaban J connectivity index is 1.63. The molecule has 1 amide bonds. The van der Waals surface area contributed by atoms with E-state index in [0.717, 1.165) is 6.42 Å². The van der Waals surface area contributed by atoms with Crippen molar-refractivity contribution in [3.63, 3.8) is 0 Å². The van der Waals surface area contributed by atoms with Gasteiger partial charge >= 0.3 is 0 Å². The number of hydrazine groups is 1. The van der Waals surface area contributed by atoms with E-state index in [1.807, 2.05) is 0 Å². The number of carbonyl (C=O) groups excluding carboxylic acids is 1. The van der Waals surface area contributed by atoms with Crippen LogP contribution >= 0.6 is 0 Å². The first-order valence-corrected chi connectivity index (χ1v) is 6.49. The van der Waals surface area contributed by atoms with E-state index in [1.54, 1.807) is 0 Å². The molecule has 0 bridgehead atoms. The summed E-state index contributed by atoms with van der Waals surface area (Å²) in [6.45, 7) is 0.716. The standard InChI is InChI=1S/C12H17N5O2/c13-17-10-6-14-9(5-15-10)12(18)16-8-3-4-19-11(8)7-1-2-7/h5-8,11H,1-4,13H2,(H,15,17)(H,16,18). The van der Waals surface area contributed by atoms with Gasteiger partial charge in [-0.1, -0.05) is 0 Å². The van der Waals surface area contributed by atoms with Crippen LogP contribution in [0.15, 0.2) is 12.4 Å². The number of hydrogen-bond acceptors (Lipinski definition) is 6. The molecule has 2 unspecified atom stereocenters. The molecule has 0 aromatic carbocycles. The average molecular weight is 263 g/mol. The SMILES string of the molecule is NNc1cnc(C(=O)NC2CCOC2C2CC2)cn1. The minimum Gasteiger partial charge on any atom is -0.376 e. The first kappa shape index (κ1) is 12.3. The maximum Gasteiger partial charge on any atom is 0.271 e. The molecule has 2 heterocycles. The predicted molar refractivity (Wildman–Crippen MR) is 68.2 cm³/mol. The van der Waals surface area contributed by atoms with Crippen LogP contribution in [0.2, 0.25) is 0 Å². The topological polar surface area (TPSA) is 102 Å². The highest BCUT2D eigenvalue weighted by molar-refractivity contribution is 5.92. The molecule has 7 nitrogen and oxygen atoms in total. The van der Waals surface area contributed by atoms with Gasteiger partial charge in [0.2, 0.25) is 0 Å². The van der Waals surface area contributed by atoms with Gasteiger partial charge in [0, 0.05) is 6.61 Å². The summed E-state index contributed by atoms with van der Waals surface area (Å²) in [5, 5.41) is 2.99. The minimum absolute atomic E-state index is 0.0918. The summed E-state index contributed by atoms with van der Waals surface area (Å²) >= 11 is 0. The van der Waals surface area contributed by atoms with Crippen molar-refractivity contribution in [3.8, 4) is 0 Å². The molecular weight excluding hydrogens is 246 g/mol. The number of amides is 1. The molecule has 1 aliphatic carbocycles. The van der Waals surface area contributed by atoms with Gasteiger partial charge < -0.3 is 15.5 Å². The van der Waals surface area contributed by atoms with E-state index < -0.39 is 0 Å². The van der Waals surface area contributed by atoms with Crippen LogP contribution in [0.1, 0.15) is 29.8 Å².